The Balaban J connectivity index is 2.11. The molecule has 0 aliphatic heterocycles. The van der Waals surface area contributed by atoms with Crippen molar-refractivity contribution in [1.82, 2.24) is 9.78 Å². The maximum atomic E-state index is 12.5. The highest BCUT2D eigenvalue weighted by Crippen LogP contribution is 2.17. The van der Waals surface area contributed by atoms with E-state index in [2.05, 4.69) is 9.84 Å². The van der Waals surface area contributed by atoms with Crippen LogP contribution < -0.4 is 10.7 Å². The topological polar surface area (TPSA) is 114 Å². The number of carbonyl (C=O) groups excluding carboxylic acids is 2. The highest BCUT2D eigenvalue weighted by molar-refractivity contribution is 6.00. The standard InChI is InChI=1S/C17H14N2O6/c1-9-13(17(23)24-2)7-10(25-9)8-19-15(20)12-6-4-3-5-11(12)14(18-19)16(21)22/h3-7H,8H2,1-2H3,(H,21,22)/p-1. The predicted octanol–water partition coefficient (Wildman–Crippen LogP) is 0.496. The number of carboxylic acids is 1. The van der Waals surface area contributed by atoms with E-state index in [1.54, 1.807) is 19.1 Å². The lowest BCUT2D eigenvalue weighted by Gasteiger charge is -2.10. The minimum absolute atomic E-state index is 0.137. The second-order valence-corrected chi connectivity index (χ2v) is 5.32. The van der Waals surface area contributed by atoms with Crippen LogP contribution in [0.2, 0.25) is 0 Å². The third-order valence-corrected chi connectivity index (χ3v) is 3.74. The van der Waals surface area contributed by atoms with Crippen LogP contribution in [0.15, 0.2) is 39.5 Å². The summed E-state index contributed by atoms with van der Waals surface area (Å²) in [5.41, 5.74) is -0.590. The minimum atomic E-state index is -1.49. The van der Waals surface area contributed by atoms with E-state index >= 15 is 0 Å². The maximum absolute atomic E-state index is 12.5. The molecular formula is C17H13N2O6-. The summed E-state index contributed by atoms with van der Waals surface area (Å²) in [7, 11) is 1.25. The Kier molecular flexibility index (Phi) is 4.10. The highest BCUT2D eigenvalue weighted by atomic mass is 16.5. The number of rotatable bonds is 4. The number of carboxylic acid groups (broad SMARTS) is 1. The summed E-state index contributed by atoms with van der Waals surface area (Å²) in [4.78, 5) is 35.5. The van der Waals surface area contributed by atoms with Crippen LogP contribution in [-0.4, -0.2) is 28.8 Å². The van der Waals surface area contributed by atoms with Crippen molar-refractivity contribution in [2.24, 2.45) is 0 Å². The number of aryl methyl sites for hydroxylation is 1. The maximum Gasteiger partial charge on any atom is 0.341 e. The van der Waals surface area contributed by atoms with Crippen LogP contribution in [0.3, 0.4) is 0 Å². The van der Waals surface area contributed by atoms with Gasteiger partial charge in [-0.05, 0) is 19.1 Å². The van der Waals surface area contributed by atoms with Gasteiger partial charge < -0.3 is 19.1 Å². The van der Waals surface area contributed by atoms with Gasteiger partial charge in [0.1, 0.15) is 29.3 Å². The molecule has 2 aromatic heterocycles. The number of ether oxygens (including phenoxy) is 1. The molecule has 8 nitrogen and oxygen atoms in total. The number of aromatic nitrogens is 2. The zero-order chi connectivity index (χ0) is 18.1. The second kappa shape index (κ2) is 6.23. The van der Waals surface area contributed by atoms with Crippen molar-refractivity contribution in [3.8, 4) is 0 Å². The number of furan rings is 1. The molecule has 0 N–H and O–H groups in total. The van der Waals surface area contributed by atoms with Crippen molar-refractivity contribution >= 4 is 22.7 Å². The van der Waals surface area contributed by atoms with Crippen LogP contribution in [0.25, 0.3) is 10.8 Å². The Morgan fingerprint density at radius 3 is 2.60 bits per heavy atom. The number of esters is 1. The lowest BCUT2D eigenvalue weighted by molar-refractivity contribution is -0.255. The quantitative estimate of drug-likeness (QED) is 0.635. The van der Waals surface area contributed by atoms with Crippen molar-refractivity contribution in [3.05, 3.63) is 63.5 Å². The first-order valence-corrected chi connectivity index (χ1v) is 7.31. The third-order valence-electron chi connectivity index (χ3n) is 3.74. The smallest absolute Gasteiger partial charge is 0.341 e. The van der Waals surface area contributed by atoms with Crippen molar-refractivity contribution in [2.75, 3.05) is 7.11 Å². The third kappa shape index (κ3) is 2.89. The summed E-state index contributed by atoms with van der Waals surface area (Å²) in [6.07, 6.45) is 0. The molecule has 3 aromatic rings. The van der Waals surface area contributed by atoms with Crippen molar-refractivity contribution < 1.29 is 23.8 Å². The molecule has 2 heterocycles. The summed E-state index contributed by atoms with van der Waals surface area (Å²) in [5, 5.41) is 15.6. The fraction of sp³-hybridized carbons (Fsp3) is 0.176. The van der Waals surface area contributed by atoms with Crippen molar-refractivity contribution in [1.29, 1.82) is 0 Å². The molecule has 3 rings (SSSR count). The molecule has 0 bridgehead atoms. The molecule has 0 saturated heterocycles. The van der Waals surface area contributed by atoms with Crippen molar-refractivity contribution in [2.45, 2.75) is 13.5 Å². The number of carbonyl (C=O) groups is 2. The normalized spacial score (nSPS) is 10.8. The van der Waals surface area contributed by atoms with Gasteiger partial charge in [0.05, 0.1) is 18.5 Å². The number of hydrogen-bond acceptors (Lipinski definition) is 7. The van der Waals surface area contributed by atoms with E-state index < -0.39 is 17.5 Å². The first-order chi connectivity index (χ1) is 11.9. The predicted molar refractivity (Wildman–Crippen MR) is 84.2 cm³/mol. The molecule has 25 heavy (non-hydrogen) atoms. The minimum Gasteiger partial charge on any atom is -0.543 e. The van der Waals surface area contributed by atoms with Gasteiger partial charge in [-0.2, -0.15) is 5.10 Å². The lowest BCUT2D eigenvalue weighted by Crippen LogP contribution is -2.31. The van der Waals surface area contributed by atoms with Crippen molar-refractivity contribution in [3.63, 3.8) is 0 Å². The van der Waals surface area contributed by atoms with E-state index in [9.17, 15) is 19.5 Å². The van der Waals surface area contributed by atoms with Gasteiger partial charge in [-0.25, -0.2) is 9.48 Å². The van der Waals surface area contributed by atoms with Gasteiger partial charge in [0.25, 0.3) is 5.56 Å². The molecule has 1 aromatic carbocycles. The summed E-state index contributed by atoms with van der Waals surface area (Å²) >= 11 is 0. The van der Waals surface area contributed by atoms with Crippen LogP contribution in [-0.2, 0) is 11.3 Å². The summed E-state index contributed by atoms with van der Waals surface area (Å²) < 4.78 is 11.1. The fourth-order valence-corrected chi connectivity index (χ4v) is 2.57. The second-order valence-electron chi connectivity index (χ2n) is 5.32. The molecule has 0 unspecified atom stereocenters. The molecule has 0 fully saturated rings. The van der Waals surface area contributed by atoms with Gasteiger partial charge in [0, 0.05) is 5.39 Å². The van der Waals surface area contributed by atoms with Gasteiger partial charge in [0.15, 0.2) is 0 Å². The molecule has 0 spiro atoms. The van der Waals surface area contributed by atoms with Gasteiger partial charge in [-0.3, -0.25) is 4.79 Å². The largest absolute Gasteiger partial charge is 0.543 e. The van der Waals surface area contributed by atoms with E-state index in [0.29, 0.717) is 5.76 Å². The molecule has 8 heteroatoms. The van der Waals surface area contributed by atoms with Gasteiger partial charge >= 0.3 is 5.97 Å². The Morgan fingerprint density at radius 1 is 1.28 bits per heavy atom. The molecule has 0 aliphatic carbocycles. The molecule has 0 atom stereocenters. The Morgan fingerprint density at radius 2 is 1.96 bits per heavy atom. The molecule has 0 saturated carbocycles. The van der Waals surface area contributed by atoms with Crippen LogP contribution in [0.5, 0.6) is 0 Å². The number of benzene rings is 1. The molecular weight excluding hydrogens is 328 g/mol. The molecule has 0 aliphatic rings. The SMILES string of the molecule is COC(=O)c1cc(Cn2nc(C(=O)[O-])c3ccccc3c2=O)oc1C. The van der Waals surface area contributed by atoms with E-state index in [0.717, 1.165) is 4.68 Å². The molecule has 0 radical (unpaired) electrons. The number of aromatic carboxylic acids is 1. The number of hydrogen-bond donors (Lipinski definition) is 0. The van der Waals surface area contributed by atoms with Crippen LogP contribution in [0.1, 0.15) is 32.4 Å². The molecule has 128 valence electrons. The first-order valence-electron chi connectivity index (χ1n) is 7.31. The number of fused-ring (bicyclic) bond motifs is 1. The Hall–Kier alpha value is -3.42. The molecule has 0 amide bonds. The van der Waals surface area contributed by atoms with Crippen LogP contribution in [0.4, 0.5) is 0 Å². The van der Waals surface area contributed by atoms with Gasteiger partial charge in [0.2, 0.25) is 0 Å². The van der Waals surface area contributed by atoms with E-state index in [-0.39, 0.29) is 34.3 Å². The first kappa shape index (κ1) is 16.4. The number of nitrogens with zero attached hydrogens (tertiary/aromatic N) is 2. The Bertz CT molecular complexity index is 1050. The van der Waals surface area contributed by atoms with Gasteiger partial charge in [-0.1, -0.05) is 18.2 Å². The number of methoxy groups -OCH3 is 1. The zero-order valence-electron chi connectivity index (χ0n) is 13.4. The Labute approximate surface area is 141 Å². The lowest BCUT2D eigenvalue weighted by atomic mass is 10.1. The van der Waals surface area contributed by atoms with Crippen LogP contribution in [0, 0.1) is 6.92 Å². The summed E-state index contributed by atoms with van der Waals surface area (Å²) in [6, 6.07) is 7.67. The zero-order valence-corrected chi connectivity index (χ0v) is 13.4. The van der Waals surface area contributed by atoms with E-state index in [1.807, 2.05) is 0 Å². The highest BCUT2D eigenvalue weighted by Gasteiger charge is 2.17. The summed E-state index contributed by atoms with van der Waals surface area (Å²) in [5.74, 6) is -1.46. The van der Waals surface area contributed by atoms with Gasteiger partial charge in [-0.15, -0.1) is 0 Å². The van der Waals surface area contributed by atoms with E-state index in [1.165, 1.54) is 25.3 Å². The monoisotopic (exact) mass is 341 g/mol. The van der Waals surface area contributed by atoms with E-state index in [4.69, 9.17) is 4.42 Å². The van der Waals surface area contributed by atoms with Crippen LogP contribution >= 0.6 is 0 Å². The fourth-order valence-electron chi connectivity index (χ4n) is 2.57. The average Bonchev–Trinajstić information content (AvgIpc) is 2.97. The summed E-state index contributed by atoms with van der Waals surface area (Å²) in [6.45, 7) is 1.45. The average molecular weight is 341 g/mol.